The number of fused-ring (bicyclic) bond motifs is 1. The van der Waals surface area contributed by atoms with E-state index in [1.165, 1.54) is 4.90 Å². The minimum atomic E-state index is -3.96. The van der Waals surface area contributed by atoms with Gasteiger partial charge in [0.15, 0.2) is 6.73 Å². The molecular formula is C14H18NO6P. The lowest BCUT2D eigenvalue weighted by Crippen LogP contribution is -2.28. The highest BCUT2D eigenvalue weighted by Gasteiger charge is 2.37. The van der Waals surface area contributed by atoms with Gasteiger partial charge in [-0.05, 0) is 25.5 Å². The van der Waals surface area contributed by atoms with Gasteiger partial charge in [0.2, 0.25) is 0 Å². The van der Waals surface area contributed by atoms with Crippen molar-refractivity contribution in [2.24, 2.45) is 0 Å². The first kappa shape index (κ1) is 16.7. The van der Waals surface area contributed by atoms with E-state index in [0.717, 1.165) is 5.56 Å². The standard InChI is InChI=1S/C14H18NO6P/c1-3-20-22(18,21-4-2)14(17)19-10-15-9-11-7-5-6-8-12(11)13(15)16/h5-8H,3-4,9-10H2,1-2H3. The maximum Gasteiger partial charge on any atom is 0.438 e. The molecule has 1 amide bonds. The van der Waals surface area contributed by atoms with Crippen LogP contribution in [0.15, 0.2) is 24.3 Å². The molecule has 120 valence electrons. The number of carbonyl (C=O) groups excluding carboxylic acids is 2. The van der Waals surface area contributed by atoms with Crippen LogP contribution in [0.2, 0.25) is 0 Å². The fourth-order valence-electron chi connectivity index (χ4n) is 2.11. The van der Waals surface area contributed by atoms with Crippen molar-refractivity contribution >= 4 is 19.2 Å². The molecule has 0 atom stereocenters. The summed E-state index contributed by atoms with van der Waals surface area (Å²) in [7, 11) is -3.96. The molecule has 1 aliphatic heterocycles. The predicted octanol–water partition coefficient (Wildman–Crippen LogP) is 3.00. The summed E-state index contributed by atoms with van der Waals surface area (Å²) in [6, 6.07) is 7.15. The molecule has 0 N–H and O–H groups in total. The first-order valence-corrected chi connectivity index (χ1v) is 8.49. The summed E-state index contributed by atoms with van der Waals surface area (Å²) in [6.45, 7) is 3.35. The Bertz CT molecular complexity index is 607. The van der Waals surface area contributed by atoms with Crippen LogP contribution in [0.25, 0.3) is 0 Å². The second kappa shape index (κ2) is 7.05. The smallest absolute Gasteiger partial charge is 0.435 e. The van der Waals surface area contributed by atoms with Crippen LogP contribution in [0.1, 0.15) is 29.8 Å². The van der Waals surface area contributed by atoms with Gasteiger partial charge >= 0.3 is 13.3 Å². The Morgan fingerprint density at radius 2 is 1.86 bits per heavy atom. The van der Waals surface area contributed by atoms with Crippen molar-refractivity contribution in [3.63, 3.8) is 0 Å². The van der Waals surface area contributed by atoms with E-state index in [0.29, 0.717) is 12.1 Å². The Morgan fingerprint density at radius 3 is 2.45 bits per heavy atom. The number of hydrogen-bond donors (Lipinski definition) is 0. The average molecular weight is 327 g/mol. The van der Waals surface area contributed by atoms with Crippen LogP contribution in [-0.2, 0) is 24.9 Å². The fourth-order valence-corrected chi connectivity index (χ4v) is 3.29. The zero-order valence-corrected chi connectivity index (χ0v) is 13.4. The third-order valence-electron chi connectivity index (χ3n) is 3.06. The number of amides is 1. The lowest BCUT2D eigenvalue weighted by atomic mass is 10.1. The van der Waals surface area contributed by atoms with Crippen LogP contribution in [0, 0.1) is 0 Å². The van der Waals surface area contributed by atoms with Crippen LogP contribution < -0.4 is 0 Å². The highest BCUT2D eigenvalue weighted by molar-refractivity contribution is 7.71. The van der Waals surface area contributed by atoms with E-state index in [1.807, 2.05) is 12.1 Å². The van der Waals surface area contributed by atoms with Crippen molar-refractivity contribution in [3.8, 4) is 0 Å². The summed E-state index contributed by atoms with van der Waals surface area (Å²) in [4.78, 5) is 25.4. The molecule has 1 aliphatic rings. The topological polar surface area (TPSA) is 82.1 Å². The van der Waals surface area contributed by atoms with E-state index < -0.39 is 13.3 Å². The quantitative estimate of drug-likeness (QED) is 0.716. The van der Waals surface area contributed by atoms with Crippen molar-refractivity contribution in [1.29, 1.82) is 0 Å². The van der Waals surface area contributed by atoms with Crippen molar-refractivity contribution in [2.45, 2.75) is 20.4 Å². The number of benzene rings is 1. The minimum absolute atomic E-state index is 0.0560. The van der Waals surface area contributed by atoms with Gasteiger partial charge in [0.1, 0.15) is 0 Å². The monoisotopic (exact) mass is 327 g/mol. The first-order valence-electron chi connectivity index (χ1n) is 6.95. The summed E-state index contributed by atoms with van der Waals surface area (Å²) >= 11 is 0. The third kappa shape index (κ3) is 3.38. The molecule has 2 rings (SSSR count). The minimum Gasteiger partial charge on any atom is -0.435 e. The molecule has 0 bridgehead atoms. The highest BCUT2D eigenvalue weighted by Crippen LogP contribution is 2.49. The van der Waals surface area contributed by atoms with Gasteiger partial charge in [-0.3, -0.25) is 4.79 Å². The predicted molar refractivity (Wildman–Crippen MR) is 78.5 cm³/mol. The Morgan fingerprint density at radius 1 is 1.23 bits per heavy atom. The van der Waals surface area contributed by atoms with E-state index in [-0.39, 0.29) is 25.9 Å². The third-order valence-corrected chi connectivity index (χ3v) is 4.83. The number of nitrogens with zero attached hydrogens (tertiary/aromatic N) is 1. The molecule has 1 aromatic rings. The lowest BCUT2D eigenvalue weighted by molar-refractivity contribution is 0.0516. The lowest BCUT2D eigenvalue weighted by Gasteiger charge is -2.19. The summed E-state index contributed by atoms with van der Waals surface area (Å²) in [6.07, 6.45) is 0. The Kier molecular flexibility index (Phi) is 5.34. The summed E-state index contributed by atoms with van der Waals surface area (Å²) in [5.74, 6) is -0.231. The van der Waals surface area contributed by atoms with Gasteiger partial charge in [0.05, 0.1) is 19.8 Å². The first-order chi connectivity index (χ1) is 10.5. The van der Waals surface area contributed by atoms with E-state index in [9.17, 15) is 14.2 Å². The van der Waals surface area contributed by atoms with Gasteiger partial charge in [0.25, 0.3) is 5.91 Å². The molecule has 0 aliphatic carbocycles. The van der Waals surface area contributed by atoms with Crippen LogP contribution in [-0.4, -0.2) is 36.5 Å². The Labute approximate surface area is 128 Å². The molecule has 22 heavy (non-hydrogen) atoms. The van der Waals surface area contributed by atoms with Crippen LogP contribution >= 0.6 is 7.60 Å². The zero-order chi connectivity index (χ0) is 16.2. The molecule has 0 unspecified atom stereocenters. The maximum absolute atomic E-state index is 12.2. The zero-order valence-electron chi connectivity index (χ0n) is 12.5. The Hall–Kier alpha value is -1.69. The molecule has 1 heterocycles. The Balaban J connectivity index is 1.98. The normalized spacial score (nSPS) is 14.1. The van der Waals surface area contributed by atoms with E-state index in [4.69, 9.17) is 13.8 Å². The molecule has 0 spiro atoms. The molecule has 0 fully saturated rings. The van der Waals surface area contributed by atoms with Crippen molar-refractivity contribution in [1.82, 2.24) is 4.90 Å². The second-order valence-electron chi connectivity index (χ2n) is 4.53. The molecule has 1 aromatic carbocycles. The number of ether oxygens (including phenoxy) is 1. The van der Waals surface area contributed by atoms with Gasteiger partial charge < -0.3 is 18.7 Å². The van der Waals surface area contributed by atoms with Crippen LogP contribution in [0.3, 0.4) is 0 Å². The van der Waals surface area contributed by atoms with Crippen molar-refractivity contribution < 1.29 is 27.9 Å². The van der Waals surface area contributed by atoms with Gasteiger partial charge in [0, 0.05) is 5.56 Å². The average Bonchev–Trinajstić information content (AvgIpc) is 2.82. The summed E-state index contributed by atoms with van der Waals surface area (Å²) in [5.41, 5.74) is 0.359. The number of carbonyl (C=O) groups is 2. The molecule has 8 heteroatoms. The molecule has 0 radical (unpaired) electrons. The number of hydrogen-bond acceptors (Lipinski definition) is 6. The summed E-state index contributed by atoms with van der Waals surface area (Å²) < 4.78 is 26.9. The highest BCUT2D eigenvalue weighted by atomic mass is 31.2. The number of rotatable bonds is 7. The molecular weight excluding hydrogens is 309 g/mol. The fraction of sp³-hybridized carbons (Fsp3) is 0.429. The SMILES string of the molecule is CCOP(=O)(OCC)C(=O)OCN1Cc2ccccc2C1=O. The maximum atomic E-state index is 12.2. The van der Waals surface area contributed by atoms with Crippen molar-refractivity contribution in [3.05, 3.63) is 35.4 Å². The van der Waals surface area contributed by atoms with Gasteiger partial charge in [-0.15, -0.1) is 0 Å². The van der Waals surface area contributed by atoms with E-state index >= 15 is 0 Å². The van der Waals surface area contributed by atoms with Gasteiger partial charge in [-0.25, -0.2) is 9.36 Å². The molecule has 0 saturated heterocycles. The van der Waals surface area contributed by atoms with E-state index in [1.54, 1.807) is 26.0 Å². The van der Waals surface area contributed by atoms with E-state index in [2.05, 4.69) is 0 Å². The van der Waals surface area contributed by atoms with Crippen molar-refractivity contribution in [2.75, 3.05) is 19.9 Å². The second-order valence-corrected chi connectivity index (χ2v) is 6.41. The van der Waals surface area contributed by atoms with Gasteiger partial charge in [-0.1, -0.05) is 18.2 Å². The largest absolute Gasteiger partial charge is 0.438 e. The molecule has 7 nitrogen and oxygen atoms in total. The summed E-state index contributed by atoms with van der Waals surface area (Å²) in [5, 5.41) is 0. The van der Waals surface area contributed by atoms with Gasteiger partial charge in [-0.2, -0.15) is 0 Å². The van der Waals surface area contributed by atoms with Crippen LogP contribution in [0.4, 0.5) is 4.79 Å². The molecule has 0 saturated carbocycles. The van der Waals surface area contributed by atoms with Crippen LogP contribution in [0.5, 0.6) is 0 Å². The molecule has 0 aromatic heterocycles.